The van der Waals surface area contributed by atoms with E-state index in [0.29, 0.717) is 38.5 Å². The van der Waals surface area contributed by atoms with Crippen LogP contribution in [-0.4, -0.2) is 63.3 Å². The van der Waals surface area contributed by atoms with Gasteiger partial charge in [0.1, 0.15) is 0 Å². The zero-order chi connectivity index (χ0) is 27.1. The molecule has 0 aromatic heterocycles. The van der Waals surface area contributed by atoms with E-state index < -0.39 is 38.8 Å². The maximum absolute atomic E-state index is 13.5. The van der Waals surface area contributed by atoms with E-state index in [2.05, 4.69) is 10.0 Å². The van der Waals surface area contributed by atoms with Gasteiger partial charge in [-0.15, -0.1) is 0 Å². The average molecular weight is 539 g/mol. The predicted molar refractivity (Wildman–Crippen MR) is 135 cm³/mol. The average Bonchev–Trinajstić information content (AvgIpc) is 3.34. The first-order valence-electron chi connectivity index (χ1n) is 12.8. The minimum absolute atomic E-state index is 0.0331. The summed E-state index contributed by atoms with van der Waals surface area (Å²) in [7, 11) is -2.42. The summed E-state index contributed by atoms with van der Waals surface area (Å²) < 4.78 is 37.8. The van der Waals surface area contributed by atoms with E-state index in [1.54, 1.807) is 18.2 Å². The van der Waals surface area contributed by atoms with Crippen LogP contribution in [0, 0.1) is 11.3 Å². The van der Waals surface area contributed by atoms with Crippen molar-refractivity contribution in [3.05, 3.63) is 30.3 Å². The first kappa shape index (κ1) is 29.1. The van der Waals surface area contributed by atoms with Crippen LogP contribution in [0.15, 0.2) is 35.2 Å². The zero-order valence-corrected chi connectivity index (χ0v) is 22.3. The Hall–Kier alpha value is -2.50. The fourth-order valence-electron chi connectivity index (χ4n) is 5.43. The Balaban J connectivity index is 1.58. The lowest BCUT2D eigenvalue weighted by molar-refractivity contribution is -0.171. The Labute approximate surface area is 218 Å². The van der Waals surface area contributed by atoms with Crippen molar-refractivity contribution in [3.63, 3.8) is 0 Å². The van der Waals surface area contributed by atoms with E-state index >= 15 is 0 Å². The number of rotatable bonds is 12. The highest BCUT2D eigenvalue weighted by Gasteiger charge is 2.50. The number of aliphatic carboxylic acids is 1. The van der Waals surface area contributed by atoms with Crippen LogP contribution in [0.1, 0.15) is 64.7 Å². The van der Waals surface area contributed by atoms with Crippen LogP contribution in [0.25, 0.3) is 0 Å². The molecule has 2 aliphatic carbocycles. The van der Waals surface area contributed by atoms with Crippen LogP contribution in [-0.2, 0) is 33.9 Å². The molecule has 10 nitrogen and oxygen atoms in total. The fourth-order valence-corrected chi connectivity index (χ4v) is 6.50. The van der Waals surface area contributed by atoms with Gasteiger partial charge in [0, 0.05) is 25.5 Å². The number of hydrogen-bond acceptors (Lipinski definition) is 7. The Morgan fingerprint density at radius 2 is 1.68 bits per heavy atom. The summed E-state index contributed by atoms with van der Waals surface area (Å²) in [6, 6.07) is 7.58. The summed E-state index contributed by atoms with van der Waals surface area (Å²) in [5.74, 6) is -2.28. The van der Waals surface area contributed by atoms with Crippen LogP contribution in [0.2, 0.25) is 0 Å². The highest BCUT2D eigenvalue weighted by atomic mass is 32.2. The topological polar surface area (TPSA) is 148 Å². The highest BCUT2D eigenvalue weighted by molar-refractivity contribution is 7.90. The lowest BCUT2D eigenvalue weighted by Gasteiger charge is -2.38. The number of sulfonamides is 1. The summed E-state index contributed by atoms with van der Waals surface area (Å²) in [5.41, 5.74) is -2.35. The van der Waals surface area contributed by atoms with Crippen molar-refractivity contribution in [1.29, 1.82) is 0 Å². The molecule has 37 heavy (non-hydrogen) atoms. The molecular weight excluding hydrogens is 500 g/mol. The number of methoxy groups -OCH3 is 1. The van der Waals surface area contributed by atoms with Crippen molar-refractivity contribution >= 4 is 27.8 Å². The van der Waals surface area contributed by atoms with E-state index in [4.69, 9.17) is 9.47 Å². The quantitative estimate of drug-likeness (QED) is 0.344. The fraction of sp³-hybridized carbons (Fsp3) is 0.654. The van der Waals surface area contributed by atoms with E-state index in [0.717, 1.165) is 12.8 Å². The first-order valence-corrected chi connectivity index (χ1v) is 14.3. The molecule has 206 valence electrons. The second-order valence-corrected chi connectivity index (χ2v) is 12.0. The van der Waals surface area contributed by atoms with Crippen molar-refractivity contribution in [2.24, 2.45) is 11.3 Å². The number of carbonyl (C=O) groups excluding carboxylic acids is 2. The van der Waals surface area contributed by atoms with Gasteiger partial charge in [-0.2, -0.15) is 0 Å². The largest absolute Gasteiger partial charge is 0.479 e. The Bertz CT molecular complexity index is 1050. The number of carboxylic acids is 1. The minimum atomic E-state index is -3.93. The molecule has 3 rings (SSSR count). The molecule has 0 saturated heterocycles. The molecule has 11 heteroatoms. The molecule has 2 fully saturated rings. The molecule has 0 aliphatic heterocycles. The Morgan fingerprint density at radius 3 is 2.24 bits per heavy atom. The number of carbonyl (C=O) groups is 3. The molecular formula is C26H38N2O8S. The maximum atomic E-state index is 13.5. The van der Waals surface area contributed by atoms with Gasteiger partial charge in [-0.1, -0.05) is 31.0 Å². The van der Waals surface area contributed by atoms with E-state index in [1.165, 1.54) is 26.2 Å². The molecule has 2 saturated carbocycles. The molecule has 1 aromatic rings. The summed E-state index contributed by atoms with van der Waals surface area (Å²) in [5, 5.41) is 13.0. The molecule has 2 amide bonds. The standard InChI is InChI=1S/C26H38N2O8S/c1-25(24(31)32,36-17-16-35-2)18-26(14-6-7-15-26)23(30)27-20-12-10-19(11-13-20)22(29)28-37(33,34)21-8-4-3-5-9-21/h3-5,8-9,19-20H,6-7,10-18H2,1-2H3,(H,27,30)(H,28,29)(H,31,32). The molecule has 1 unspecified atom stereocenters. The van der Waals surface area contributed by atoms with Crippen molar-refractivity contribution in [2.75, 3.05) is 20.3 Å². The van der Waals surface area contributed by atoms with Crippen LogP contribution in [0.5, 0.6) is 0 Å². The van der Waals surface area contributed by atoms with E-state index in [9.17, 15) is 27.9 Å². The lowest BCUT2D eigenvalue weighted by atomic mass is 9.74. The molecule has 0 heterocycles. The van der Waals surface area contributed by atoms with Crippen LogP contribution < -0.4 is 10.0 Å². The molecule has 0 spiro atoms. The summed E-state index contributed by atoms with van der Waals surface area (Å²) in [6.07, 6.45) is 4.88. The predicted octanol–water partition coefficient (Wildman–Crippen LogP) is 2.62. The van der Waals surface area contributed by atoms with Gasteiger partial charge >= 0.3 is 5.97 Å². The third-order valence-corrected chi connectivity index (χ3v) is 8.96. The SMILES string of the molecule is COCCOC(C)(CC1(C(=O)NC2CCC(C(=O)NS(=O)(=O)c3ccccc3)CC2)CCCC1)C(=O)O. The van der Waals surface area contributed by atoms with Gasteiger partial charge in [0.05, 0.1) is 23.5 Å². The number of benzene rings is 1. The zero-order valence-electron chi connectivity index (χ0n) is 21.5. The summed E-state index contributed by atoms with van der Waals surface area (Å²) >= 11 is 0. The smallest absolute Gasteiger partial charge is 0.335 e. The van der Waals surface area contributed by atoms with Gasteiger partial charge in [0.2, 0.25) is 11.8 Å². The number of ether oxygens (including phenoxy) is 2. The summed E-state index contributed by atoms with van der Waals surface area (Å²) in [6.45, 7) is 1.88. The molecule has 0 radical (unpaired) electrons. The third kappa shape index (κ3) is 7.30. The van der Waals surface area contributed by atoms with Gasteiger partial charge in [-0.3, -0.25) is 9.59 Å². The van der Waals surface area contributed by atoms with Crippen molar-refractivity contribution in [2.45, 2.75) is 81.2 Å². The normalized spacial score (nSPS) is 23.1. The van der Waals surface area contributed by atoms with Gasteiger partial charge in [-0.25, -0.2) is 17.9 Å². The van der Waals surface area contributed by atoms with Gasteiger partial charge in [0.25, 0.3) is 10.0 Å². The monoisotopic (exact) mass is 538 g/mol. The molecule has 2 aliphatic rings. The van der Waals surface area contributed by atoms with Gasteiger partial charge in [0.15, 0.2) is 5.60 Å². The van der Waals surface area contributed by atoms with Crippen molar-refractivity contribution < 1.29 is 37.4 Å². The Kier molecular flexibility index (Phi) is 9.71. The van der Waals surface area contributed by atoms with Crippen LogP contribution in [0.3, 0.4) is 0 Å². The first-order chi connectivity index (χ1) is 17.5. The van der Waals surface area contributed by atoms with E-state index in [-0.39, 0.29) is 36.5 Å². The van der Waals surface area contributed by atoms with Crippen molar-refractivity contribution in [3.8, 4) is 0 Å². The van der Waals surface area contributed by atoms with Gasteiger partial charge in [-0.05, 0) is 57.6 Å². The third-order valence-electron chi connectivity index (χ3n) is 7.60. The molecule has 0 bridgehead atoms. The van der Waals surface area contributed by atoms with Gasteiger partial charge < -0.3 is 19.9 Å². The maximum Gasteiger partial charge on any atom is 0.335 e. The second-order valence-electron chi connectivity index (χ2n) is 10.3. The second kappa shape index (κ2) is 12.4. The minimum Gasteiger partial charge on any atom is -0.479 e. The molecule has 3 N–H and O–H groups in total. The van der Waals surface area contributed by atoms with Crippen LogP contribution >= 0.6 is 0 Å². The highest BCUT2D eigenvalue weighted by Crippen LogP contribution is 2.45. The Morgan fingerprint density at radius 1 is 1.05 bits per heavy atom. The summed E-state index contributed by atoms with van der Waals surface area (Å²) in [4.78, 5) is 38.2. The lowest BCUT2D eigenvalue weighted by Crippen LogP contribution is -2.51. The number of hydrogen-bond donors (Lipinski definition) is 3. The van der Waals surface area contributed by atoms with E-state index in [1.807, 2.05) is 0 Å². The molecule has 1 aromatic carbocycles. The molecule has 1 atom stereocenters. The number of nitrogens with one attached hydrogen (secondary N) is 2. The number of amides is 2. The van der Waals surface area contributed by atoms with Crippen molar-refractivity contribution in [1.82, 2.24) is 10.0 Å². The van der Waals surface area contributed by atoms with Crippen LogP contribution in [0.4, 0.5) is 0 Å². The number of carboxylic acid groups (broad SMARTS) is 1.